The van der Waals surface area contributed by atoms with Crippen molar-refractivity contribution in [2.75, 3.05) is 0 Å². The van der Waals surface area contributed by atoms with Crippen molar-refractivity contribution in [2.45, 2.75) is 33.1 Å². The third kappa shape index (κ3) is 2.68. The van der Waals surface area contributed by atoms with Crippen LogP contribution in [0.1, 0.15) is 31.9 Å². The average Bonchev–Trinajstić information content (AvgIpc) is 2.06. The van der Waals surface area contributed by atoms with Gasteiger partial charge in [0.15, 0.2) is 0 Å². The lowest BCUT2D eigenvalue weighted by atomic mass is 9.86. The highest BCUT2D eigenvalue weighted by Crippen LogP contribution is 2.31. The standard InChI is InChI=1S/C11H14INO2/c1-7-9(12)5-8(11(2,3)4)6-10(7)13(14)15/h5-6H,1-4H3. The van der Waals surface area contributed by atoms with Crippen LogP contribution < -0.4 is 0 Å². The third-order valence-corrected chi connectivity index (χ3v) is 3.50. The number of nitro groups is 1. The summed E-state index contributed by atoms with van der Waals surface area (Å²) in [4.78, 5) is 10.5. The molecule has 4 heteroatoms. The molecular weight excluding hydrogens is 305 g/mol. The van der Waals surface area contributed by atoms with E-state index in [1.54, 1.807) is 13.0 Å². The minimum absolute atomic E-state index is 0.0572. The summed E-state index contributed by atoms with van der Waals surface area (Å²) in [6.07, 6.45) is 0. The largest absolute Gasteiger partial charge is 0.273 e. The Balaban J connectivity index is 3.43. The van der Waals surface area contributed by atoms with Gasteiger partial charge in [-0.15, -0.1) is 0 Å². The summed E-state index contributed by atoms with van der Waals surface area (Å²) >= 11 is 2.14. The Kier molecular flexibility index (Phi) is 3.38. The first-order chi connectivity index (χ1) is 6.73. The first kappa shape index (κ1) is 12.4. The van der Waals surface area contributed by atoms with Crippen molar-refractivity contribution in [3.8, 4) is 0 Å². The molecule has 0 N–H and O–H groups in total. The lowest BCUT2D eigenvalue weighted by molar-refractivity contribution is -0.385. The molecule has 0 aliphatic carbocycles. The minimum atomic E-state index is -0.313. The molecule has 1 aromatic rings. The third-order valence-electron chi connectivity index (χ3n) is 2.38. The maximum atomic E-state index is 10.9. The zero-order valence-corrected chi connectivity index (χ0v) is 11.5. The summed E-state index contributed by atoms with van der Waals surface area (Å²) < 4.78 is 0.951. The van der Waals surface area contributed by atoms with Crippen molar-refractivity contribution in [3.05, 3.63) is 36.9 Å². The first-order valence-corrected chi connectivity index (χ1v) is 5.76. The van der Waals surface area contributed by atoms with Crippen molar-refractivity contribution >= 4 is 28.3 Å². The van der Waals surface area contributed by atoms with E-state index < -0.39 is 0 Å². The van der Waals surface area contributed by atoms with E-state index in [4.69, 9.17) is 0 Å². The Morgan fingerprint density at radius 2 is 1.87 bits per heavy atom. The summed E-state index contributed by atoms with van der Waals surface area (Å²) in [6.45, 7) is 7.94. The van der Waals surface area contributed by atoms with E-state index in [0.29, 0.717) is 0 Å². The van der Waals surface area contributed by atoms with Crippen molar-refractivity contribution < 1.29 is 4.92 Å². The molecular formula is C11H14INO2. The van der Waals surface area contributed by atoms with E-state index in [-0.39, 0.29) is 16.0 Å². The van der Waals surface area contributed by atoms with E-state index in [1.165, 1.54) is 0 Å². The van der Waals surface area contributed by atoms with Crippen LogP contribution in [-0.2, 0) is 5.41 Å². The fourth-order valence-corrected chi connectivity index (χ4v) is 1.90. The maximum Gasteiger partial charge on any atom is 0.273 e. The molecule has 0 amide bonds. The van der Waals surface area contributed by atoms with Gasteiger partial charge < -0.3 is 0 Å². The highest BCUT2D eigenvalue weighted by molar-refractivity contribution is 14.1. The molecule has 3 nitrogen and oxygen atoms in total. The van der Waals surface area contributed by atoms with Crippen LogP contribution in [0.4, 0.5) is 5.69 Å². The van der Waals surface area contributed by atoms with E-state index in [0.717, 1.165) is 14.7 Å². The number of nitro benzene ring substituents is 1. The molecule has 0 fully saturated rings. The van der Waals surface area contributed by atoms with Crippen LogP contribution in [-0.4, -0.2) is 4.92 Å². The van der Waals surface area contributed by atoms with Crippen molar-refractivity contribution in [3.63, 3.8) is 0 Å². The number of rotatable bonds is 1. The Morgan fingerprint density at radius 1 is 1.33 bits per heavy atom. The topological polar surface area (TPSA) is 43.1 Å². The smallest absolute Gasteiger partial charge is 0.258 e. The molecule has 82 valence electrons. The molecule has 0 aliphatic heterocycles. The van der Waals surface area contributed by atoms with Gasteiger partial charge in [0, 0.05) is 15.2 Å². The Hall–Kier alpha value is -0.650. The predicted molar refractivity (Wildman–Crippen MR) is 69.3 cm³/mol. The second-order valence-corrected chi connectivity index (χ2v) is 5.77. The number of benzene rings is 1. The lowest BCUT2D eigenvalue weighted by Crippen LogP contribution is -2.12. The summed E-state index contributed by atoms with van der Waals surface area (Å²) in [5, 5.41) is 10.9. The van der Waals surface area contributed by atoms with E-state index in [2.05, 4.69) is 43.4 Å². The monoisotopic (exact) mass is 319 g/mol. The number of halogens is 1. The highest BCUT2D eigenvalue weighted by Gasteiger charge is 2.21. The fourth-order valence-electron chi connectivity index (χ4n) is 1.29. The van der Waals surface area contributed by atoms with Crippen LogP contribution in [0.15, 0.2) is 12.1 Å². The zero-order valence-electron chi connectivity index (χ0n) is 9.30. The number of nitrogens with zero attached hydrogens (tertiary/aromatic N) is 1. The van der Waals surface area contributed by atoms with Gasteiger partial charge >= 0.3 is 0 Å². The molecule has 0 unspecified atom stereocenters. The summed E-state index contributed by atoms with van der Waals surface area (Å²) in [7, 11) is 0. The van der Waals surface area contributed by atoms with Gasteiger partial charge in [-0.05, 0) is 46.6 Å². The summed E-state index contributed by atoms with van der Waals surface area (Å²) in [6, 6.07) is 3.69. The van der Waals surface area contributed by atoms with Gasteiger partial charge in [-0.1, -0.05) is 20.8 Å². The van der Waals surface area contributed by atoms with Crippen LogP contribution in [0.5, 0.6) is 0 Å². The predicted octanol–water partition coefficient (Wildman–Crippen LogP) is 3.81. The Labute approximate surface area is 103 Å². The van der Waals surface area contributed by atoms with Crippen LogP contribution in [0.3, 0.4) is 0 Å². The molecule has 0 aromatic heterocycles. The van der Waals surface area contributed by atoms with Crippen LogP contribution in [0.2, 0.25) is 0 Å². The van der Waals surface area contributed by atoms with Crippen LogP contribution in [0, 0.1) is 20.6 Å². The van der Waals surface area contributed by atoms with E-state index in [1.807, 2.05) is 6.07 Å². The minimum Gasteiger partial charge on any atom is -0.258 e. The molecule has 1 aromatic carbocycles. The molecule has 0 heterocycles. The van der Waals surface area contributed by atoms with Gasteiger partial charge in [-0.25, -0.2) is 0 Å². The second-order valence-electron chi connectivity index (χ2n) is 4.61. The molecule has 0 spiro atoms. The number of hydrogen-bond acceptors (Lipinski definition) is 2. The van der Waals surface area contributed by atoms with Gasteiger partial charge in [0.2, 0.25) is 0 Å². The normalized spacial score (nSPS) is 11.5. The molecule has 0 saturated carbocycles. The van der Waals surface area contributed by atoms with Crippen LogP contribution in [0.25, 0.3) is 0 Å². The number of hydrogen-bond donors (Lipinski definition) is 0. The SMILES string of the molecule is Cc1c(I)cc(C(C)(C)C)cc1[N+](=O)[O-]. The molecule has 0 saturated heterocycles. The van der Waals surface area contributed by atoms with E-state index >= 15 is 0 Å². The van der Waals surface area contributed by atoms with Gasteiger partial charge in [0.1, 0.15) is 0 Å². The lowest BCUT2D eigenvalue weighted by Gasteiger charge is -2.19. The quantitative estimate of drug-likeness (QED) is 0.449. The van der Waals surface area contributed by atoms with E-state index in [9.17, 15) is 10.1 Å². The molecule has 1 rings (SSSR count). The molecule has 0 bridgehead atoms. The fraction of sp³-hybridized carbons (Fsp3) is 0.455. The Morgan fingerprint density at radius 3 is 2.27 bits per heavy atom. The first-order valence-electron chi connectivity index (χ1n) is 4.68. The van der Waals surface area contributed by atoms with Gasteiger partial charge in [-0.3, -0.25) is 10.1 Å². The average molecular weight is 319 g/mol. The zero-order chi connectivity index (χ0) is 11.8. The Bertz CT molecular complexity index is 408. The molecule has 15 heavy (non-hydrogen) atoms. The highest BCUT2D eigenvalue weighted by atomic mass is 127. The molecule has 0 aliphatic rings. The molecule has 0 radical (unpaired) electrons. The summed E-state index contributed by atoms with van der Waals surface area (Å²) in [5.41, 5.74) is 1.91. The van der Waals surface area contributed by atoms with Crippen molar-refractivity contribution in [1.29, 1.82) is 0 Å². The van der Waals surface area contributed by atoms with Crippen LogP contribution >= 0.6 is 22.6 Å². The maximum absolute atomic E-state index is 10.9. The van der Waals surface area contributed by atoms with Crippen molar-refractivity contribution in [2.24, 2.45) is 0 Å². The second kappa shape index (κ2) is 4.08. The van der Waals surface area contributed by atoms with Gasteiger partial charge in [0.25, 0.3) is 5.69 Å². The van der Waals surface area contributed by atoms with Gasteiger partial charge in [-0.2, -0.15) is 0 Å². The molecule has 0 atom stereocenters. The van der Waals surface area contributed by atoms with Crippen molar-refractivity contribution in [1.82, 2.24) is 0 Å². The van der Waals surface area contributed by atoms with Gasteiger partial charge in [0.05, 0.1) is 4.92 Å². The summed E-state index contributed by atoms with van der Waals surface area (Å²) in [5.74, 6) is 0.